The van der Waals surface area contributed by atoms with E-state index in [1.807, 2.05) is 6.92 Å². The Labute approximate surface area is 214 Å². The molecular formula is C26H26N2O8S. The van der Waals surface area contributed by atoms with Crippen LogP contribution in [0.15, 0.2) is 77.7 Å². The maximum absolute atomic E-state index is 13.6. The van der Waals surface area contributed by atoms with Crippen LogP contribution in [0.2, 0.25) is 0 Å². The van der Waals surface area contributed by atoms with Crippen molar-refractivity contribution < 1.29 is 37.0 Å². The monoisotopic (exact) mass is 526 g/mol. The quantitative estimate of drug-likeness (QED) is 0.398. The van der Waals surface area contributed by atoms with Crippen molar-refractivity contribution in [2.75, 3.05) is 37.0 Å². The molecule has 3 aromatic rings. The van der Waals surface area contributed by atoms with Crippen molar-refractivity contribution in [3.63, 3.8) is 0 Å². The number of rotatable bonds is 10. The van der Waals surface area contributed by atoms with Crippen LogP contribution in [0.4, 0.5) is 11.4 Å². The fourth-order valence-electron chi connectivity index (χ4n) is 3.41. The predicted octanol–water partition coefficient (Wildman–Crippen LogP) is 3.49. The number of hydrogen-bond donors (Lipinski definition) is 1. The number of esters is 2. The molecule has 194 valence electrons. The number of nitrogens with one attached hydrogen (secondary N) is 1. The van der Waals surface area contributed by atoms with Gasteiger partial charge in [0.1, 0.15) is 12.3 Å². The highest BCUT2D eigenvalue weighted by molar-refractivity contribution is 7.92. The average molecular weight is 527 g/mol. The summed E-state index contributed by atoms with van der Waals surface area (Å²) in [5.74, 6) is -1.69. The molecule has 0 spiro atoms. The van der Waals surface area contributed by atoms with Gasteiger partial charge < -0.3 is 19.5 Å². The number of carbonyl (C=O) groups is 3. The van der Waals surface area contributed by atoms with E-state index in [-0.39, 0.29) is 27.4 Å². The Morgan fingerprint density at radius 1 is 0.865 bits per heavy atom. The molecule has 0 saturated heterocycles. The third-order valence-corrected chi connectivity index (χ3v) is 6.96. The lowest BCUT2D eigenvalue weighted by molar-refractivity contribution is -0.114. The van der Waals surface area contributed by atoms with Crippen molar-refractivity contribution in [3.8, 4) is 5.75 Å². The smallest absolute Gasteiger partial charge is 0.339 e. The van der Waals surface area contributed by atoms with E-state index in [1.54, 1.807) is 30.3 Å². The number of methoxy groups -OCH3 is 2. The van der Waals surface area contributed by atoms with Crippen molar-refractivity contribution in [2.45, 2.75) is 11.8 Å². The zero-order valence-electron chi connectivity index (χ0n) is 20.5. The van der Waals surface area contributed by atoms with Crippen molar-refractivity contribution in [3.05, 3.63) is 83.9 Å². The van der Waals surface area contributed by atoms with E-state index in [2.05, 4.69) is 5.32 Å². The van der Waals surface area contributed by atoms with E-state index in [0.29, 0.717) is 12.4 Å². The number of hydrogen-bond acceptors (Lipinski definition) is 8. The van der Waals surface area contributed by atoms with Gasteiger partial charge in [0, 0.05) is 0 Å². The highest BCUT2D eigenvalue weighted by Gasteiger charge is 2.28. The number of ether oxygens (including phenoxy) is 3. The number of anilines is 2. The van der Waals surface area contributed by atoms with E-state index < -0.39 is 34.4 Å². The van der Waals surface area contributed by atoms with Gasteiger partial charge >= 0.3 is 11.9 Å². The van der Waals surface area contributed by atoms with Gasteiger partial charge in [-0.15, -0.1) is 0 Å². The average Bonchev–Trinajstić information content (AvgIpc) is 2.91. The van der Waals surface area contributed by atoms with Gasteiger partial charge in [-0.2, -0.15) is 0 Å². The molecule has 37 heavy (non-hydrogen) atoms. The second kappa shape index (κ2) is 12.0. The first kappa shape index (κ1) is 27.2. The molecule has 0 unspecified atom stereocenters. The van der Waals surface area contributed by atoms with Gasteiger partial charge in [0.2, 0.25) is 5.91 Å². The largest absolute Gasteiger partial charge is 0.494 e. The SMILES string of the molecule is CCOc1ccc(S(=O)(=O)N(CC(=O)Nc2cc(C(=O)OC)ccc2C(=O)OC)c2ccccc2)cc1. The molecule has 0 saturated carbocycles. The van der Waals surface area contributed by atoms with E-state index in [1.165, 1.54) is 56.7 Å². The molecule has 3 rings (SSSR count). The molecule has 0 aliphatic carbocycles. The summed E-state index contributed by atoms with van der Waals surface area (Å²) in [6.07, 6.45) is 0. The summed E-state index contributed by atoms with van der Waals surface area (Å²) in [5.41, 5.74) is 0.269. The van der Waals surface area contributed by atoms with E-state index in [0.717, 1.165) is 4.31 Å². The maximum Gasteiger partial charge on any atom is 0.339 e. The van der Waals surface area contributed by atoms with Gasteiger partial charge in [-0.05, 0) is 61.5 Å². The highest BCUT2D eigenvalue weighted by atomic mass is 32.2. The second-order valence-electron chi connectivity index (χ2n) is 7.54. The minimum absolute atomic E-state index is 0.0239. The Bertz CT molecular complexity index is 1370. The Morgan fingerprint density at radius 2 is 1.51 bits per heavy atom. The highest BCUT2D eigenvalue weighted by Crippen LogP contribution is 2.26. The topological polar surface area (TPSA) is 128 Å². The van der Waals surface area contributed by atoms with Crippen LogP contribution in [0.5, 0.6) is 5.75 Å². The first-order valence-corrected chi connectivity index (χ1v) is 12.6. The number of para-hydroxylation sites is 1. The third kappa shape index (κ3) is 6.44. The van der Waals surface area contributed by atoms with E-state index in [4.69, 9.17) is 14.2 Å². The summed E-state index contributed by atoms with van der Waals surface area (Å²) in [6, 6.07) is 17.9. The second-order valence-corrected chi connectivity index (χ2v) is 9.41. The Morgan fingerprint density at radius 3 is 2.11 bits per heavy atom. The first-order chi connectivity index (χ1) is 17.7. The number of amides is 1. The zero-order chi connectivity index (χ0) is 27.0. The lowest BCUT2D eigenvalue weighted by Gasteiger charge is -2.24. The van der Waals surface area contributed by atoms with Gasteiger partial charge in [-0.1, -0.05) is 18.2 Å². The van der Waals surface area contributed by atoms with Crippen LogP contribution in [0.1, 0.15) is 27.6 Å². The van der Waals surface area contributed by atoms with Gasteiger partial charge in [0.05, 0.1) is 48.2 Å². The van der Waals surface area contributed by atoms with Crippen molar-refractivity contribution in [1.82, 2.24) is 0 Å². The summed E-state index contributed by atoms with van der Waals surface area (Å²) in [4.78, 5) is 37.3. The van der Waals surface area contributed by atoms with Gasteiger partial charge in [-0.3, -0.25) is 9.10 Å². The van der Waals surface area contributed by atoms with Gasteiger partial charge in [0.15, 0.2) is 0 Å². The molecule has 0 aliphatic heterocycles. The summed E-state index contributed by atoms with van der Waals surface area (Å²) in [7, 11) is -1.82. The van der Waals surface area contributed by atoms with Crippen LogP contribution in [-0.4, -0.2) is 53.6 Å². The van der Waals surface area contributed by atoms with Crippen molar-refractivity contribution in [1.29, 1.82) is 0 Å². The van der Waals surface area contributed by atoms with Crippen LogP contribution >= 0.6 is 0 Å². The van der Waals surface area contributed by atoms with Crippen LogP contribution in [0.25, 0.3) is 0 Å². The fraction of sp³-hybridized carbons (Fsp3) is 0.192. The number of carbonyl (C=O) groups excluding carboxylic acids is 3. The zero-order valence-corrected chi connectivity index (χ0v) is 21.3. The molecular weight excluding hydrogens is 500 g/mol. The fourth-order valence-corrected chi connectivity index (χ4v) is 4.83. The molecule has 3 aromatic carbocycles. The Hall–Kier alpha value is -4.38. The van der Waals surface area contributed by atoms with Gasteiger partial charge in [-0.25, -0.2) is 18.0 Å². The lowest BCUT2D eigenvalue weighted by Crippen LogP contribution is -2.38. The minimum Gasteiger partial charge on any atom is -0.494 e. The number of nitrogens with zero attached hydrogens (tertiary/aromatic N) is 1. The van der Waals surface area contributed by atoms with Crippen LogP contribution in [0, 0.1) is 0 Å². The summed E-state index contributed by atoms with van der Waals surface area (Å²) in [6.45, 7) is 1.61. The molecule has 1 amide bonds. The maximum atomic E-state index is 13.6. The van der Waals surface area contributed by atoms with Crippen LogP contribution in [0.3, 0.4) is 0 Å². The van der Waals surface area contributed by atoms with Crippen LogP contribution < -0.4 is 14.4 Å². The van der Waals surface area contributed by atoms with Gasteiger partial charge in [0.25, 0.3) is 10.0 Å². The molecule has 0 bridgehead atoms. The molecule has 0 radical (unpaired) electrons. The molecule has 0 heterocycles. The van der Waals surface area contributed by atoms with E-state index in [9.17, 15) is 22.8 Å². The molecule has 0 aliphatic rings. The summed E-state index contributed by atoms with van der Waals surface area (Å²) >= 11 is 0. The number of benzene rings is 3. The normalized spacial score (nSPS) is 10.8. The standard InChI is InChI=1S/C26H26N2O8S/c1-4-36-20-11-13-21(14-12-20)37(32,33)28(19-8-6-5-7-9-19)17-24(29)27-23-16-18(25(30)34-2)10-15-22(23)26(31)35-3/h5-16H,4,17H2,1-3H3,(H,27,29). The Balaban J connectivity index is 1.96. The molecule has 11 heteroatoms. The first-order valence-electron chi connectivity index (χ1n) is 11.1. The minimum atomic E-state index is -4.18. The summed E-state index contributed by atoms with van der Waals surface area (Å²) in [5, 5.41) is 2.52. The Kier molecular flexibility index (Phi) is 8.86. The molecule has 1 N–H and O–H groups in total. The third-order valence-electron chi connectivity index (χ3n) is 5.17. The molecule has 0 aromatic heterocycles. The molecule has 0 fully saturated rings. The van der Waals surface area contributed by atoms with Crippen molar-refractivity contribution in [2.24, 2.45) is 0 Å². The molecule has 0 atom stereocenters. The summed E-state index contributed by atoms with van der Waals surface area (Å²) < 4.78 is 42.9. The molecule has 10 nitrogen and oxygen atoms in total. The van der Waals surface area contributed by atoms with E-state index >= 15 is 0 Å². The lowest BCUT2D eigenvalue weighted by atomic mass is 10.1. The predicted molar refractivity (Wildman–Crippen MR) is 136 cm³/mol. The number of sulfonamides is 1. The van der Waals surface area contributed by atoms with Crippen LogP contribution in [-0.2, 0) is 24.3 Å². The van der Waals surface area contributed by atoms with Crippen molar-refractivity contribution >= 4 is 39.2 Å².